The molecule has 0 saturated heterocycles. The minimum Gasteiger partial charge on any atom is -0.435 e. The molecule has 0 aromatic heterocycles. The van der Waals surface area contributed by atoms with Gasteiger partial charge < -0.3 is 9.47 Å². The van der Waals surface area contributed by atoms with E-state index >= 15 is 0 Å². The number of benzene rings is 1. The molecule has 93 valence electrons. The summed E-state index contributed by atoms with van der Waals surface area (Å²) in [5.74, 6) is 2.36. The first-order valence-corrected chi connectivity index (χ1v) is 5.66. The topological polar surface area (TPSA) is 35.5 Å². The van der Waals surface area contributed by atoms with Crippen LogP contribution in [0, 0.1) is 12.3 Å². The Kier molecular flexibility index (Phi) is 5.53. The van der Waals surface area contributed by atoms with E-state index < -0.39 is 6.16 Å². The van der Waals surface area contributed by atoms with Crippen molar-refractivity contribution in [1.82, 2.24) is 0 Å². The fraction of sp³-hybridized carbons (Fsp3) is 0.267. The van der Waals surface area contributed by atoms with Gasteiger partial charge in [-0.25, -0.2) is 4.79 Å². The summed E-state index contributed by atoms with van der Waals surface area (Å²) in [5, 5.41) is 0. The first-order chi connectivity index (χ1) is 8.71. The van der Waals surface area contributed by atoms with Crippen LogP contribution in [0.1, 0.15) is 23.6 Å². The summed E-state index contributed by atoms with van der Waals surface area (Å²) in [6, 6.07) is 5.44. The molecule has 0 heterocycles. The second-order valence-corrected chi connectivity index (χ2v) is 3.58. The molecule has 0 atom stereocenters. The lowest BCUT2D eigenvalue weighted by Gasteiger charge is -2.07. The molecular formula is C15H15O3. The van der Waals surface area contributed by atoms with Crippen LogP contribution >= 0.6 is 0 Å². The lowest BCUT2D eigenvalue weighted by Crippen LogP contribution is -2.07. The molecule has 0 fully saturated rings. The fourth-order valence-corrected chi connectivity index (χ4v) is 1.48. The fourth-order valence-electron chi connectivity index (χ4n) is 1.48. The lowest BCUT2D eigenvalue weighted by molar-refractivity contribution is 0.0536. The van der Waals surface area contributed by atoms with Crippen LogP contribution < -0.4 is 0 Å². The van der Waals surface area contributed by atoms with E-state index in [1.807, 2.05) is 6.07 Å². The smallest absolute Gasteiger partial charge is 0.435 e. The van der Waals surface area contributed by atoms with Gasteiger partial charge in [0.15, 0.2) is 0 Å². The first kappa shape index (κ1) is 13.9. The van der Waals surface area contributed by atoms with Crippen molar-refractivity contribution in [3.8, 4) is 5.92 Å². The van der Waals surface area contributed by atoms with Gasteiger partial charge in [0.05, 0.1) is 6.61 Å². The molecule has 1 radical (unpaired) electrons. The van der Waals surface area contributed by atoms with Gasteiger partial charge in [0.1, 0.15) is 6.61 Å². The SMILES string of the molecule is [C]#Cc1ccc(COC(=O)OCC)cc1CC=C. The van der Waals surface area contributed by atoms with Crippen LogP contribution in [0.4, 0.5) is 4.79 Å². The van der Waals surface area contributed by atoms with Gasteiger partial charge in [-0.3, -0.25) is 0 Å². The van der Waals surface area contributed by atoms with Gasteiger partial charge in [0, 0.05) is 5.56 Å². The quantitative estimate of drug-likeness (QED) is 0.453. The molecule has 0 amide bonds. The van der Waals surface area contributed by atoms with Gasteiger partial charge in [-0.05, 0) is 37.0 Å². The zero-order valence-electron chi connectivity index (χ0n) is 10.4. The zero-order valence-corrected chi connectivity index (χ0v) is 10.4. The third-order valence-corrected chi connectivity index (χ3v) is 2.29. The van der Waals surface area contributed by atoms with Crippen LogP contribution in [-0.2, 0) is 22.5 Å². The number of ether oxygens (including phenoxy) is 2. The summed E-state index contributed by atoms with van der Waals surface area (Å²) >= 11 is 0. The molecule has 0 unspecified atom stereocenters. The molecule has 1 rings (SSSR count). The van der Waals surface area contributed by atoms with Gasteiger partial charge in [0.2, 0.25) is 0 Å². The van der Waals surface area contributed by atoms with Crippen LogP contribution in [0.15, 0.2) is 30.9 Å². The largest absolute Gasteiger partial charge is 0.508 e. The third-order valence-electron chi connectivity index (χ3n) is 2.29. The molecule has 0 bridgehead atoms. The molecule has 0 aliphatic heterocycles. The maximum Gasteiger partial charge on any atom is 0.508 e. The Balaban J connectivity index is 2.73. The van der Waals surface area contributed by atoms with Crippen molar-refractivity contribution in [2.45, 2.75) is 20.0 Å². The predicted molar refractivity (Wildman–Crippen MR) is 68.4 cm³/mol. The van der Waals surface area contributed by atoms with Crippen molar-refractivity contribution in [1.29, 1.82) is 0 Å². The Bertz CT molecular complexity index is 469. The maximum absolute atomic E-state index is 11.0. The molecular weight excluding hydrogens is 228 g/mol. The van der Waals surface area contributed by atoms with E-state index in [-0.39, 0.29) is 6.61 Å². The second-order valence-electron chi connectivity index (χ2n) is 3.58. The minimum absolute atomic E-state index is 0.154. The number of carbonyl (C=O) groups is 1. The molecule has 18 heavy (non-hydrogen) atoms. The van der Waals surface area contributed by atoms with Crippen molar-refractivity contribution in [2.24, 2.45) is 0 Å². The van der Waals surface area contributed by atoms with Gasteiger partial charge >= 0.3 is 6.16 Å². The van der Waals surface area contributed by atoms with Crippen LogP contribution in [0.5, 0.6) is 0 Å². The van der Waals surface area contributed by atoms with E-state index in [0.29, 0.717) is 13.0 Å². The summed E-state index contributed by atoms with van der Waals surface area (Å²) in [4.78, 5) is 11.0. The average Bonchev–Trinajstić information content (AvgIpc) is 2.37. The Morgan fingerprint density at radius 1 is 1.50 bits per heavy atom. The van der Waals surface area contributed by atoms with Crippen LogP contribution in [0.3, 0.4) is 0 Å². The van der Waals surface area contributed by atoms with E-state index in [1.54, 1.807) is 25.1 Å². The van der Waals surface area contributed by atoms with E-state index in [2.05, 4.69) is 17.2 Å². The Morgan fingerprint density at radius 2 is 2.28 bits per heavy atom. The molecule has 3 nitrogen and oxygen atoms in total. The van der Waals surface area contributed by atoms with E-state index in [9.17, 15) is 4.79 Å². The highest BCUT2D eigenvalue weighted by Crippen LogP contribution is 2.13. The monoisotopic (exact) mass is 243 g/mol. The summed E-state index contributed by atoms with van der Waals surface area (Å²) in [6.07, 6.45) is 8.90. The predicted octanol–water partition coefficient (Wildman–Crippen LogP) is 3.03. The van der Waals surface area contributed by atoms with Crippen molar-refractivity contribution >= 4 is 6.16 Å². The van der Waals surface area contributed by atoms with Crippen molar-refractivity contribution in [2.75, 3.05) is 6.61 Å². The van der Waals surface area contributed by atoms with Crippen LogP contribution in [0.2, 0.25) is 0 Å². The number of hydrogen-bond donors (Lipinski definition) is 0. The van der Waals surface area contributed by atoms with Crippen LogP contribution in [0.25, 0.3) is 0 Å². The first-order valence-electron chi connectivity index (χ1n) is 5.66. The van der Waals surface area contributed by atoms with Gasteiger partial charge in [-0.2, -0.15) is 0 Å². The number of carbonyl (C=O) groups excluding carboxylic acids is 1. The molecule has 0 saturated carbocycles. The third kappa shape index (κ3) is 3.99. The van der Waals surface area contributed by atoms with Gasteiger partial charge in [0.25, 0.3) is 0 Å². The van der Waals surface area contributed by atoms with Gasteiger partial charge in [-0.15, -0.1) is 6.58 Å². The average molecular weight is 243 g/mol. The summed E-state index contributed by atoms with van der Waals surface area (Å²) in [7, 11) is 0. The normalized spacial score (nSPS) is 9.33. The molecule has 0 N–H and O–H groups in total. The Hall–Kier alpha value is -2.21. The van der Waals surface area contributed by atoms with Crippen LogP contribution in [-0.4, -0.2) is 12.8 Å². The highest BCUT2D eigenvalue weighted by molar-refractivity contribution is 5.59. The Labute approximate surface area is 107 Å². The molecule has 0 aliphatic carbocycles. The summed E-state index contributed by atoms with van der Waals surface area (Å²) < 4.78 is 9.59. The molecule has 0 spiro atoms. The van der Waals surface area contributed by atoms with E-state index in [1.165, 1.54) is 0 Å². The van der Waals surface area contributed by atoms with Gasteiger partial charge in [-0.1, -0.05) is 24.1 Å². The molecule has 0 aliphatic rings. The highest BCUT2D eigenvalue weighted by Gasteiger charge is 2.05. The molecule has 1 aromatic carbocycles. The van der Waals surface area contributed by atoms with E-state index in [0.717, 1.165) is 16.7 Å². The standard InChI is InChI=1S/C15H15O3/c1-4-7-14-10-12(8-9-13(14)5-2)11-18-15(16)17-6-3/h4,8-10H,1,6-7,11H2,3H3. The number of rotatable bonds is 5. The lowest BCUT2D eigenvalue weighted by atomic mass is 10.0. The van der Waals surface area contributed by atoms with Crippen molar-refractivity contribution < 1.29 is 14.3 Å². The summed E-state index contributed by atoms with van der Waals surface area (Å²) in [5.41, 5.74) is 2.50. The Morgan fingerprint density at radius 3 is 2.89 bits per heavy atom. The van der Waals surface area contributed by atoms with Crippen molar-refractivity contribution in [3.63, 3.8) is 0 Å². The maximum atomic E-state index is 11.0. The summed E-state index contributed by atoms with van der Waals surface area (Å²) in [6.45, 7) is 5.83. The van der Waals surface area contributed by atoms with Crippen molar-refractivity contribution in [3.05, 3.63) is 54.0 Å². The number of allylic oxidation sites excluding steroid dienone is 1. The second kappa shape index (κ2) is 7.18. The molecule has 3 heteroatoms. The molecule has 1 aromatic rings. The highest BCUT2D eigenvalue weighted by atomic mass is 16.7. The van der Waals surface area contributed by atoms with E-state index in [4.69, 9.17) is 11.2 Å². The number of hydrogen-bond acceptors (Lipinski definition) is 3. The zero-order chi connectivity index (χ0) is 13.4. The minimum atomic E-state index is -0.675.